The van der Waals surface area contributed by atoms with Crippen molar-refractivity contribution >= 4 is 14.2 Å². The highest BCUT2D eigenvalue weighted by Crippen LogP contribution is 2.51. The maximum Gasteiger partial charge on any atom is 0.397 e. The third-order valence-corrected chi connectivity index (χ3v) is 5.07. The minimum absolute atomic E-state index is 0.0245. The van der Waals surface area contributed by atoms with Crippen molar-refractivity contribution in [2.24, 2.45) is 0 Å². The second-order valence-corrected chi connectivity index (χ2v) is 9.24. The van der Waals surface area contributed by atoms with Crippen molar-refractivity contribution in [3.63, 3.8) is 0 Å². The fourth-order valence-corrected chi connectivity index (χ4v) is 3.41. The number of hydrogen-bond donors (Lipinski definition) is 0. The highest BCUT2D eigenvalue weighted by atomic mass is 31.2. The molecule has 1 aromatic carbocycles. The first-order valence-corrected chi connectivity index (χ1v) is 9.17. The molecule has 23 heavy (non-hydrogen) atoms. The number of benzene rings is 1. The molecule has 2 rings (SSSR count). The molecular formula is C19H29O3P. The summed E-state index contributed by atoms with van der Waals surface area (Å²) < 4.78 is 17.3. The average molecular weight is 336 g/mol. The highest BCUT2D eigenvalue weighted by Gasteiger charge is 2.31. The van der Waals surface area contributed by atoms with Gasteiger partial charge in [-0.2, -0.15) is 0 Å². The van der Waals surface area contributed by atoms with Crippen LogP contribution in [0.1, 0.15) is 65.2 Å². The van der Waals surface area contributed by atoms with E-state index >= 15 is 0 Å². The van der Waals surface area contributed by atoms with E-state index in [0.717, 1.165) is 16.9 Å². The minimum atomic E-state index is -1.36. The Bertz CT molecular complexity index is 606. The maximum atomic E-state index is 6.14. The summed E-state index contributed by atoms with van der Waals surface area (Å²) >= 11 is 0. The monoisotopic (exact) mass is 336 g/mol. The first-order chi connectivity index (χ1) is 10.6. The van der Waals surface area contributed by atoms with Crippen LogP contribution in [0, 0.1) is 0 Å². The van der Waals surface area contributed by atoms with Crippen molar-refractivity contribution in [3.05, 3.63) is 34.9 Å². The van der Waals surface area contributed by atoms with Crippen LogP contribution in [-0.4, -0.2) is 13.7 Å². The van der Waals surface area contributed by atoms with Crippen molar-refractivity contribution in [1.82, 2.24) is 0 Å². The van der Waals surface area contributed by atoms with Crippen molar-refractivity contribution in [2.75, 3.05) is 13.7 Å². The summed E-state index contributed by atoms with van der Waals surface area (Å²) in [5.41, 5.74) is 4.85. The van der Waals surface area contributed by atoms with Crippen LogP contribution in [0.5, 0.6) is 5.75 Å². The topological polar surface area (TPSA) is 27.7 Å². The third-order valence-electron chi connectivity index (χ3n) is 4.10. The van der Waals surface area contributed by atoms with E-state index in [1.807, 2.05) is 6.92 Å². The summed E-state index contributed by atoms with van der Waals surface area (Å²) in [6, 6.07) is 4.53. The predicted octanol–water partition coefficient (Wildman–Crippen LogP) is 5.97. The Balaban J connectivity index is 2.76. The third kappa shape index (κ3) is 3.96. The van der Waals surface area contributed by atoms with Gasteiger partial charge in [-0.05, 0) is 35.0 Å². The zero-order valence-corrected chi connectivity index (χ0v) is 16.5. The van der Waals surface area contributed by atoms with Gasteiger partial charge in [-0.1, -0.05) is 53.7 Å². The van der Waals surface area contributed by atoms with Crippen LogP contribution in [0.3, 0.4) is 0 Å². The largest absolute Gasteiger partial charge is 0.426 e. The van der Waals surface area contributed by atoms with Gasteiger partial charge in [0.15, 0.2) is 0 Å². The zero-order chi connectivity index (χ0) is 17.4. The first-order valence-electron chi connectivity index (χ1n) is 8.07. The van der Waals surface area contributed by atoms with Crippen molar-refractivity contribution in [1.29, 1.82) is 0 Å². The van der Waals surface area contributed by atoms with Crippen LogP contribution in [0.4, 0.5) is 0 Å². The normalized spacial score (nSPS) is 20.9. The van der Waals surface area contributed by atoms with E-state index in [2.05, 4.69) is 59.8 Å². The van der Waals surface area contributed by atoms with E-state index in [1.165, 1.54) is 11.1 Å². The SMILES string of the molecule is C/C=C1\COP(OC)Oc2c1cc(C(C)(C)C)cc2C(C)(C)C. The van der Waals surface area contributed by atoms with Gasteiger partial charge in [0.1, 0.15) is 5.75 Å². The Hall–Kier alpha value is -0.890. The van der Waals surface area contributed by atoms with E-state index in [4.69, 9.17) is 13.6 Å². The molecule has 0 spiro atoms. The van der Waals surface area contributed by atoms with Gasteiger partial charge in [0, 0.05) is 18.2 Å². The molecule has 1 heterocycles. The summed E-state index contributed by atoms with van der Waals surface area (Å²) in [4.78, 5) is 0. The standard InChI is InChI=1S/C19H29O3P/c1-9-13-12-21-23(20-8)22-17-15(13)10-14(18(2,3)4)11-16(17)19(5,6)7/h9-11H,12H2,1-8H3/b13-9+. The molecule has 0 radical (unpaired) electrons. The summed E-state index contributed by atoms with van der Waals surface area (Å²) in [5.74, 6) is 0.907. The first kappa shape index (κ1) is 18.4. The van der Waals surface area contributed by atoms with E-state index < -0.39 is 8.60 Å². The van der Waals surface area contributed by atoms with Crippen LogP contribution >= 0.6 is 8.60 Å². The van der Waals surface area contributed by atoms with Crippen LogP contribution in [0.2, 0.25) is 0 Å². The van der Waals surface area contributed by atoms with Crippen LogP contribution < -0.4 is 4.52 Å². The lowest BCUT2D eigenvalue weighted by Gasteiger charge is -2.29. The maximum absolute atomic E-state index is 6.14. The summed E-state index contributed by atoms with van der Waals surface area (Å²) in [5, 5.41) is 0. The van der Waals surface area contributed by atoms with Gasteiger partial charge in [0.25, 0.3) is 0 Å². The lowest BCUT2D eigenvalue weighted by atomic mass is 9.78. The van der Waals surface area contributed by atoms with Gasteiger partial charge in [-0.3, -0.25) is 4.52 Å². The second-order valence-electron chi connectivity index (χ2n) is 7.99. The number of allylic oxidation sites excluding steroid dienone is 1. The molecular weight excluding hydrogens is 307 g/mol. The molecule has 1 unspecified atom stereocenters. The molecule has 0 amide bonds. The van der Waals surface area contributed by atoms with Gasteiger partial charge in [0.05, 0.1) is 6.61 Å². The Labute approximate surface area is 142 Å². The molecule has 0 aliphatic carbocycles. The summed E-state index contributed by atoms with van der Waals surface area (Å²) in [6.07, 6.45) is 2.11. The molecule has 1 aliphatic rings. The molecule has 128 valence electrons. The van der Waals surface area contributed by atoms with Gasteiger partial charge >= 0.3 is 8.60 Å². The lowest BCUT2D eigenvalue weighted by molar-refractivity contribution is 0.262. The number of hydrogen-bond acceptors (Lipinski definition) is 3. The Morgan fingerprint density at radius 1 is 1.09 bits per heavy atom. The van der Waals surface area contributed by atoms with Crippen LogP contribution in [0.15, 0.2) is 18.2 Å². The van der Waals surface area contributed by atoms with Crippen LogP contribution in [0.25, 0.3) is 5.57 Å². The molecule has 4 heteroatoms. The quantitative estimate of drug-likeness (QED) is 0.592. The van der Waals surface area contributed by atoms with Gasteiger partial charge in [0.2, 0.25) is 0 Å². The van der Waals surface area contributed by atoms with E-state index in [1.54, 1.807) is 7.11 Å². The average Bonchev–Trinajstić information content (AvgIpc) is 2.62. The molecule has 1 aromatic rings. The van der Waals surface area contributed by atoms with Crippen molar-refractivity contribution < 1.29 is 13.6 Å². The molecule has 0 saturated heterocycles. The van der Waals surface area contributed by atoms with Crippen molar-refractivity contribution in [2.45, 2.75) is 59.3 Å². The molecule has 0 bridgehead atoms. The molecule has 3 nitrogen and oxygen atoms in total. The fraction of sp³-hybridized carbons (Fsp3) is 0.579. The summed E-state index contributed by atoms with van der Waals surface area (Å²) in [7, 11) is 0.274. The van der Waals surface area contributed by atoms with E-state index in [9.17, 15) is 0 Å². The highest BCUT2D eigenvalue weighted by molar-refractivity contribution is 7.42. The van der Waals surface area contributed by atoms with Gasteiger partial charge in [-0.25, -0.2) is 0 Å². The molecule has 0 aromatic heterocycles. The molecule has 1 aliphatic heterocycles. The minimum Gasteiger partial charge on any atom is -0.426 e. The molecule has 1 atom stereocenters. The van der Waals surface area contributed by atoms with Crippen LogP contribution in [-0.2, 0) is 19.9 Å². The smallest absolute Gasteiger partial charge is 0.397 e. The van der Waals surface area contributed by atoms with Gasteiger partial charge in [-0.15, -0.1) is 0 Å². The van der Waals surface area contributed by atoms with E-state index in [0.29, 0.717) is 6.61 Å². The fourth-order valence-electron chi connectivity index (χ4n) is 2.59. The zero-order valence-electron chi connectivity index (χ0n) is 15.6. The molecule has 0 saturated carbocycles. The Kier molecular flexibility index (Phi) is 5.25. The predicted molar refractivity (Wildman–Crippen MR) is 98.0 cm³/mol. The Morgan fingerprint density at radius 3 is 2.22 bits per heavy atom. The Morgan fingerprint density at radius 2 is 1.74 bits per heavy atom. The number of rotatable bonds is 1. The molecule has 0 fully saturated rings. The summed E-state index contributed by atoms with van der Waals surface area (Å²) in [6.45, 7) is 15.9. The van der Waals surface area contributed by atoms with Crippen molar-refractivity contribution in [3.8, 4) is 5.75 Å². The van der Waals surface area contributed by atoms with E-state index in [-0.39, 0.29) is 10.8 Å². The molecule has 0 N–H and O–H groups in total. The lowest BCUT2D eigenvalue weighted by Crippen LogP contribution is -2.18. The second kappa shape index (κ2) is 6.55. The van der Waals surface area contributed by atoms with Gasteiger partial charge < -0.3 is 9.05 Å². The number of fused-ring (bicyclic) bond motifs is 1.